The summed E-state index contributed by atoms with van der Waals surface area (Å²) in [4.78, 5) is 59.5. The molecule has 1 saturated heterocycles. The summed E-state index contributed by atoms with van der Waals surface area (Å²) in [6.45, 7) is 12.6. The van der Waals surface area contributed by atoms with Gasteiger partial charge in [-0.15, -0.1) is 0 Å². The molecule has 1 aliphatic heterocycles. The number of benzene rings is 2. The molecule has 0 aliphatic carbocycles. The van der Waals surface area contributed by atoms with Crippen molar-refractivity contribution in [3.8, 4) is 5.75 Å². The van der Waals surface area contributed by atoms with E-state index in [2.05, 4.69) is 26.4 Å². The number of aliphatic hydroxyl groups excluding tert-OH is 1. The molecule has 0 spiro atoms. The van der Waals surface area contributed by atoms with Crippen LogP contribution in [0.4, 0.5) is 9.59 Å². The lowest BCUT2D eigenvalue weighted by atomic mass is 9.83. The highest BCUT2D eigenvalue weighted by molar-refractivity contribution is 5.83. The van der Waals surface area contributed by atoms with Gasteiger partial charge in [0.2, 0.25) is 11.8 Å². The lowest BCUT2D eigenvalue weighted by Crippen LogP contribution is -2.56. The zero-order valence-electron chi connectivity index (χ0n) is 34.6. The molecule has 1 aliphatic rings. The first kappa shape index (κ1) is 44.5. The van der Waals surface area contributed by atoms with Crippen LogP contribution in [0.2, 0.25) is 0 Å². The Hall–Kier alpha value is -5.21. The van der Waals surface area contributed by atoms with Crippen LogP contribution in [0, 0.1) is 31.1 Å². The molecule has 1 aromatic heterocycles. The van der Waals surface area contributed by atoms with Crippen molar-refractivity contribution in [3.63, 3.8) is 0 Å². The van der Waals surface area contributed by atoms with Crippen molar-refractivity contribution in [3.05, 3.63) is 94.8 Å². The highest BCUT2D eigenvalue weighted by Gasteiger charge is 2.43. The summed E-state index contributed by atoms with van der Waals surface area (Å²) in [5.74, 6) is -0.552. The largest absolute Gasteiger partial charge is 0.496 e. The third-order valence-corrected chi connectivity index (χ3v) is 10.5. The second kappa shape index (κ2) is 20.8. The Labute approximate surface area is 337 Å². The highest BCUT2D eigenvalue weighted by atomic mass is 16.5. The Morgan fingerprint density at radius 3 is 2.44 bits per heavy atom. The lowest BCUT2D eigenvalue weighted by molar-refractivity contribution is -0.132. The van der Waals surface area contributed by atoms with Gasteiger partial charge in [-0.25, -0.2) is 14.6 Å². The fraction of sp³-hybridized carbons (Fsp3) is 0.512. The third-order valence-electron chi connectivity index (χ3n) is 10.5. The number of ether oxygens (including phenoxy) is 2. The molecule has 2 heterocycles. The van der Waals surface area contributed by atoms with Crippen molar-refractivity contribution in [2.75, 3.05) is 33.9 Å². The molecule has 0 radical (unpaired) electrons. The summed E-state index contributed by atoms with van der Waals surface area (Å²) in [5.41, 5.74) is 6.64. The molecule has 14 heteroatoms. The van der Waals surface area contributed by atoms with Crippen LogP contribution >= 0.6 is 0 Å². The van der Waals surface area contributed by atoms with Gasteiger partial charge in [-0.3, -0.25) is 20.0 Å². The molecule has 0 saturated carbocycles. The smallest absolute Gasteiger partial charge is 0.406 e. The molecule has 2 aromatic carbocycles. The summed E-state index contributed by atoms with van der Waals surface area (Å²) >= 11 is 0. The second-order valence-corrected chi connectivity index (χ2v) is 15.8. The van der Waals surface area contributed by atoms with Gasteiger partial charge in [0, 0.05) is 38.3 Å². The number of aromatic nitrogens is 1. The van der Waals surface area contributed by atoms with E-state index in [4.69, 9.17) is 9.47 Å². The van der Waals surface area contributed by atoms with Crippen molar-refractivity contribution in [1.82, 2.24) is 36.3 Å². The number of hydrazine groups is 1. The van der Waals surface area contributed by atoms with E-state index in [1.54, 1.807) is 17.0 Å². The molecule has 14 nitrogen and oxygen atoms in total. The maximum atomic E-state index is 14.6. The molecular formula is C43H61N7O7. The summed E-state index contributed by atoms with van der Waals surface area (Å²) < 4.78 is 10.2. The third kappa shape index (κ3) is 13.2. The van der Waals surface area contributed by atoms with Crippen LogP contribution in [0.3, 0.4) is 0 Å². The zero-order chi connectivity index (χ0) is 41.7. The normalized spacial score (nSPS) is 16.3. The van der Waals surface area contributed by atoms with Crippen LogP contribution in [0.15, 0.2) is 66.7 Å². The van der Waals surface area contributed by atoms with Crippen LogP contribution < -0.4 is 26.1 Å². The summed E-state index contributed by atoms with van der Waals surface area (Å²) in [5, 5.41) is 22.6. The number of hydrogen-bond acceptors (Lipinski definition) is 9. The number of methoxy groups -OCH3 is 2. The quantitative estimate of drug-likeness (QED) is 0.102. The van der Waals surface area contributed by atoms with Crippen molar-refractivity contribution in [2.45, 2.75) is 92.1 Å². The standard InChI is InChI=1S/C43H61N7O7/c1-9-28(2)39(35-23-44-41(54)50(35)25-33-17-13-14-30(4)46-33)40(53)47-34(21-31-15-11-10-12-16-31)36(51)26-49(24-32-18-19-37(56-7)29(3)20-32)48-38(52)22-43(5,6)27-45-42(55)57-8/h10-20,28,34-36,39,51H,9,21-27H2,1-8H3,(H,44,54)(H,45,55)(H,47,53)(H,48,52). The Morgan fingerprint density at radius 1 is 1.05 bits per heavy atom. The van der Waals surface area contributed by atoms with Gasteiger partial charge in [0.05, 0.1) is 50.6 Å². The van der Waals surface area contributed by atoms with E-state index in [-0.39, 0.29) is 56.4 Å². The topological polar surface area (TPSA) is 174 Å². The Morgan fingerprint density at radius 2 is 1.79 bits per heavy atom. The molecule has 3 aromatic rings. The van der Waals surface area contributed by atoms with Crippen LogP contribution in [0.25, 0.3) is 0 Å². The first-order valence-electron chi connectivity index (χ1n) is 19.6. The summed E-state index contributed by atoms with van der Waals surface area (Å²) in [7, 11) is 2.89. The lowest BCUT2D eigenvalue weighted by Gasteiger charge is -2.36. The maximum absolute atomic E-state index is 14.6. The van der Waals surface area contributed by atoms with Crippen molar-refractivity contribution in [2.24, 2.45) is 17.3 Å². The van der Waals surface area contributed by atoms with Gasteiger partial charge in [-0.1, -0.05) is 82.6 Å². The number of hydrogen-bond donors (Lipinski definition) is 5. The number of pyridine rings is 1. The number of nitrogens with one attached hydrogen (secondary N) is 4. The minimum absolute atomic E-state index is 0.0297. The number of carbonyl (C=O) groups excluding carboxylic acids is 4. The molecule has 57 heavy (non-hydrogen) atoms. The van der Waals surface area contributed by atoms with Crippen molar-refractivity contribution < 1.29 is 33.8 Å². The predicted molar refractivity (Wildman–Crippen MR) is 218 cm³/mol. The zero-order valence-corrected chi connectivity index (χ0v) is 34.6. The Balaban J connectivity index is 1.61. The van der Waals surface area contributed by atoms with Gasteiger partial charge in [-0.2, -0.15) is 0 Å². The monoisotopic (exact) mass is 787 g/mol. The average molecular weight is 788 g/mol. The molecule has 1 fully saturated rings. The van der Waals surface area contributed by atoms with Crippen molar-refractivity contribution >= 4 is 23.9 Å². The van der Waals surface area contributed by atoms with Gasteiger partial charge in [0.15, 0.2) is 0 Å². The van der Waals surface area contributed by atoms with E-state index in [0.29, 0.717) is 19.4 Å². The van der Waals surface area contributed by atoms with E-state index in [0.717, 1.165) is 33.8 Å². The average Bonchev–Trinajstić information content (AvgIpc) is 3.51. The first-order valence-corrected chi connectivity index (χ1v) is 19.6. The molecule has 0 bridgehead atoms. The number of alkyl carbamates (subject to hydrolysis) is 1. The van der Waals surface area contributed by atoms with Crippen LogP contribution in [0.1, 0.15) is 68.6 Å². The minimum Gasteiger partial charge on any atom is -0.496 e. The second-order valence-electron chi connectivity index (χ2n) is 15.8. The Kier molecular flexibility index (Phi) is 16.2. The maximum Gasteiger partial charge on any atom is 0.406 e. The SMILES string of the molecule is CCC(C)C(C(=O)NC(Cc1ccccc1)C(O)CN(Cc1ccc(OC)c(C)c1)NC(=O)CC(C)(C)CNC(=O)OC)C1CNC(=O)N1Cc1cccc(C)n1. The fourth-order valence-electron chi connectivity index (χ4n) is 7.28. The van der Waals surface area contributed by atoms with E-state index in [9.17, 15) is 24.3 Å². The van der Waals surface area contributed by atoms with Gasteiger partial charge in [0.1, 0.15) is 5.75 Å². The van der Waals surface area contributed by atoms with E-state index >= 15 is 0 Å². The van der Waals surface area contributed by atoms with E-state index in [1.165, 1.54) is 7.11 Å². The number of rotatable bonds is 20. The minimum atomic E-state index is -1.14. The van der Waals surface area contributed by atoms with Gasteiger partial charge >= 0.3 is 12.1 Å². The summed E-state index contributed by atoms with van der Waals surface area (Å²) in [6, 6.07) is 19.5. The van der Waals surface area contributed by atoms with E-state index in [1.807, 2.05) is 108 Å². The summed E-state index contributed by atoms with van der Waals surface area (Å²) in [6.07, 6.45) is -0.657. The number of aryl methyl sites for hydroxylation is 2. The number of carbonyl (C=O) groups is 4. The molecular weight excluding hydrogens is 727 g/mol. The molecule has 5 amide bonds. The molecule has 5 N–H and O–H groups in total. The van der Waals surface area contributed by atoms with Crippen molar-refractivity contribution in [1.29, 1.82) is 0 Å². The van der Waals surface area contributed by atoms with Crippen LogP contribution in [0.5, 0.6) is 5.75 Å². The van der Waals surface area contributed by atoms with Gasteiger partial charge < -0.3 is 35.4 Å². The van der Waals surface area contributed by atoms with E-state index < -0.39 is 35.6 Å². The number of urea groups is 1. The molecule has 4 rings (SSSR count). The highest BCUT2D eigenvalue weighted by Crippen LogP contribution is 2.28. The van der Waals surface area contributed by atoms with Gasteiger partial charge in [0.25, 0.3) is 0 Å². The van der Waals surface area contributed by atoms with Crippen LogP contribution in [-0.4, -0.2) is 96.0 Å². The number of amides is 5. The Bertz CT molecular complexity index is 1810. The van der Waals surface area contributed by atoms with Crippen LogP contribution in [-0.2, 0) is 33.8 Å². The molecule has 5 unspecified atom stereocenters. The van der Waals surface area contributed by atoms with Gasteiger partial charge in [-0.05, 0) is 66.5 Å². The fourth-order valence-corrected chi connectivity index (χ4v) is 7.28. The molecule has 5 atom stereocenters. The number of aliphatic hydroxyl groups is 1. The number of nitrogens with zero attached hydrogens (tertiary/aromatic N) is 3. The predicted octanol–water partition coefficient (Wildman–Crippen LogP) is 4.66. The first-order chi connectivity index (χ1) is 27.1. The molecule has 310 valence electrons.